The van der Waals surface area contributed by atoms with Crippen molar-refractivity contribution in [2.45, 2.75) is 96.8 Å². The van der Waals surface area contributed by atoms with E-state index >= 15 is 0 Å². The summed E-state index contributed by atoms with van der Waals surface area (Å²) in [7, 11) is 0. The second kappa shape index (κ2) is 15.1. The molecule has 2 rings (SSSR count). The van der Waals surface area contributed by atoms with E-state index in [4.69, 9.17) is 4.84 Å². The molecule has 0 aliphatic carbocycles. The minimum Gasteiger partial charge on any atom is -0.334 e. The van der Waals surface area contributed by atoms with Crippen LogP contribution in [0.1, 0.15) is 96.8 Å². The maximum Gasteiger partial charge on any atom is 0.333 e. The molecule has 10 nitrogen and oxygen atoms in total. The summed E-state index contributed by atoms with van der Waals surface area (Å²) in [5.41, 5.74) is 0. The number of hydrogen-bond acceptors (Lipinski definition) is 8. The molecular weight excluding hydrogens is 408 g/mol. The third kappa shape index (κ3) is 10.2. The van der Waals surface area contributed by atoms with Gasteiger partial charge in [-0.15, -0.1) is 10.1 Å². The average molecular weight is 440 g/mol. The van der Waals surface area contributed by atoms with Crippen LogP contribution < -0.4 is 0 Å². The monoisotopic (exact) mass is 440 g/mol. The van der Waals surface area contributed by atoms with Gasteiger partial charge in [0, 0.05) is 32.1 Å². The highest BCUT2D eigenvalue weighted by Gasteiger charge is 2.32. The molecule has 0 bridgehead atoms. The van der Waals surface area contributed by atoms with E-state index in [9.17, 15) is 28.8 Å². The lowest BCUT2D eigenvalue weighted by atomic mass is 10.1. The first-order chi connectivity index (χ1) is 14.9. The number of amides is 4. The van der Waals surface area contributed by atoms with Crippen LogP contribution in [0.2, 0.25) is 0 Å². The highest BCUT2D eigenvalue weighted by molar-refractivity contribution is 6.01. The Morgan fingerprint density at radius 2 is 1.16 bits per heavy atom. The zero-order valence-electron chi connectivity index (χ0n) is 18.1. The molecule has 2 saturated heterocycles. The highest BCUT2D eigenvalue weighted by atomic mass is 16.7. The average Bonchev–Trinajstić information content (AvgIpc) is 3.23. The van der Waals surface area contributed by atoms with Gasteiger partial charge in [-0.25, -0.2) is 4.79 Å². The third-order valence-electron chi connectivity index (χ3n) is 4.84. The van der Waals surface area contributed by atoms with Gasteiger partial charge in [0.1, 0.15) is 0 Å². The Labute approximate surface area is 182 Å². The second-order valence-corrected chi connectivity index (χ2v) is 7.41. The van der Waals surface area contributed by atoms with Gasteiger partial charge in [-0.05, 0) is 6.42 Å². The molecule has 2 fully saturated rings. The molecule has 2 aliphatic heterocycles. The van der Waals surface area contributed by atoms with E-state index in [1.165, 1.54) is 38.5 Å². The van der Waals surface area contributed by atoms with E-state index < -0.39 is 29.6 Å². The van der Waals surface area contributed by atoms with Gasteiger partial charge in [-0.2, -0.15) is 0 Å². The third-order valence-corrected chi connectivity index (χ3v) is 4.84. The molecule has 0 saturated carbocycles. The smallest absolute Gasteiger partial charge is 0.333 e. The van der Waals surface area contributed by atoms with Crippen molar-refractivity contribution in [1.82, 2.24) is 10.1 Å². The number of nitrogens with zero attached hydrogens (tertiary/aromatic N) is 2. The number of unbranched alkanes of at least 4 members (excludes halogenated alkanes) is 8. The van der Waals surface area contributed by atoms with Gasteiger partial charge < -0.3 is 9.68 Å². The van der Waals surface area contributed by atoms with Crippen molar-refractivity contribution < 1.29 is 38.4 Å². The first-order valence-electron chi connectivity index (χ1n) is 10.9. The molecule has 10 heteroatoms. The Balaban J connectivity index is 0.000000399. The molecule has 2 heterocycles. The van der Waals surface area contributed by atoms with E-state index in [-0.39, 0.29) is 38.6 Å². The van der Waals surface area contributed by atoms with Gasteiger partial charge in [0.25, 0.3) is 23.6 Å². The van der Waals surface area contributed by atoms with Crippen molar-refractivity contribution in [3.05, 3.63) is 0 Å². The summed E-state index contributed by atoms with van der Waals surface area (Å²) in [5.74, 6) is -2.24. The van der Waals surface area contributed by atoms with Crippen LogP contribution in [-0.2, 0) is 38.4 Å². The number of carbonyl (C=O) groups excluding carboxylic acids is 6. The molecule has 0 N–H and O–H groups in total. The molecule has 0 aromatic carbocycles. The van der Waals surface area contributed by atoms with Crippen molar-refractivity contribution in [2.75, 3.05) is 0 Å². The standard InChI is InChI=1S/C16H27NO4.C5H5NO4/c1-2-3-4-5-6-7-8-9-10-11-16(20)21-17-14(18)12-13-15(17)19;7-3-10-6-4(8)1-2-5(6)9/h2-13H2,1H3;3H,1-2H2. The summed E-state index contributed by atoms with van der Waals surface area (Å²) in [6.07, 6.45) is 11.4. The van der Waals surface area contributed by atoms with E-state index in [1.807, 2.05) is 0 Å². The molecule has 31 heavy (non-hydrogen) atoms. The number of rotatable bonds is 13. The van der Waals surface area contributed by atoms with Crippen molar-refractivity contribution >= 4 is 36.1 Å². The minimum atomic E-state index is -0.485. The Kier molecular flexibility index (Phi) is 12.8. The summed E-state index contributed by atoms with van der Waals surface area (Å²) in [4.78, 5) is 73.8. The molecule has 2 aliphatic rings. The fourth-order valence-electron chi connectivity index (χ4n) is 3.10. The van der Waals surface area contributed by atoms with Crippen LogP contribution in [-0.4, -0.2) is 46.2 Å². The van der Waals surface area contributed by atoms with Gasteiger partial charge in [0.15, 0.2) is 0 Å². The summed E-state index contributed by atoms with van der Waals surface area (Å²) in [6, 6.07) is 0. The zero-order chi connectivity index (χ0) is 23.1. The second-order valence-electron chi connectivity index (χ2n) is 7.41. The lowest BCUT2D eigenvalue weighted by molar-refractivity contribution is -0.197. The molecule has 0 unspecified atom stereocenters. The van der Waals surface area contributed by atoms with Crippen molar-refractivity contribution in [2.24, 2.45) is 0 Å². The van der Waals surface area contributed by atoms with E-state index in [1.54, 1.807) is 0 Å². The highest BCUT2D eigenvalue weighted by Crippen LogP contribution is 2.14. The fraction of sp³-hybridized carbons (Fsp3) is 0.714. The molecule has 0 aromatic rings. The van der Waals surface area contributed by atoms with Gasteiger partial charge >= 0.3 is 12.4 Å². The van der Waals surface area contributed by atoms with Crippen LogP contribution in [0.5, 0.6) is 0 Å². The molecule has 0 atom stereocenters. The van der Waals surface area contributed by atoms with Crippen LogP contribution in [0.15, 0.2) is 0 Å². The quantitative estimate of drug-likeness (QED) is 0.243. The number of hydrogen-bond donors (Lipinski definition) is 0. The molecule has 0 spiro atoms. The number of hydroxylamine groups is 4. The van der Waals surface area contributed by atoms with Crippen LogP contribution >= 0.6 is 0 Å². The number of imide groups is 2. The first-order valence-corrected chi connectivity index (χ1v) is 10.9. The van der Waals surface area contributed by atoms with Crippen molar-refractivity contribution in [3.8, 4) is 0 Å². The van der Waals surface area contributed by atoms with E-state index in [0.717, 1.165) is 19.3 Å². The van der Waals surface area contributed by atoms with Gasteiger partial charge in [-0.1, -0.05) is 58.3 Å². The van der Waals surface area contributed by atoms with Crippen molar-refractivity contribution in [3.63, 3.8) is 0 Å². The maximum absolute atomic E-state index is 11.5. The predicted octanol–water partition coefficient (Wildman–Crippen LogP) is 2.74. The number of carbonyl (C=O) groups is 6. The molecule has 174 valence electrons. The predicted molar refractivity (Wildman–Crippen MR) is 107 cm³/mol. The summed E-state index contributed by atoms with van der Waals surface area (Å²) in [5, 5.41) is 1.10. The topological polar surface area (TPSA) is 127 Å². The normalized spacial score (nSPS) is 15.8. The van der Waals surface area contributed by atoms with Gasteiger partial charge in [0.05, 0.1) is 0 Å². The van der Waals surface area contributed by atoms with Crippen molar-refractivity contribution in [1.29, 1.82) is 0 Å². The molecular formula is C21H32N2O8. The lowest BCUT2D eigenvalue weighted by Crippen LogP contribution is -2.31. The van der Waals surface area contributed by atoms with Gasteiger partial charge in [0.2, 0.25) is 0 Å². The Hall–Kier alpha value is -2.78. The summed E-state index contributed by atoms with van der Waals surface area (Å²) < 4.78 is 0. The summed E-state index contributed by atoms with van der Waals surface area (Å²) >= 11 is 0. The molecule has 4 amide bonds. The molecule has 0 radical (unpaired) electrons. The molecule has 0 aromatic heterocycles. The fourth-order valence-corrected chi connectivity index (χ4v) is 3.10. The Bertz CT molecular complexity index is 617. The lowest BCUT2D eigenvalue weighted by Gasteiger charge is -2.12. The zero-order valence-corrected chi connectivity index (χ0v) is 18.1. The first kappa shape index (κ1) is 26.3. The van der Waals surface area contributed by atoms with Crippen LogP contribution in [0.25, 0.3) is 0 Å². The Morgan fingerprint density at radius 3 is 1.61 bits per heavy atom. The largest absolute Gasteiger partial charge is 0.334 e. The maximum atomic E-state index is 11.5. The SMILES string of the molecule is CCCCCCCCCCCC(=O)ON1C(=O)CCC1=O.O=CON1C(=O)CCC1=O. The Morgan fingerprint density at radius 1 is 0.742 bits per heavy atom. The van der Waals surface area contributed by atoms with E-state index in [2.05, 4.69) is 11.8 Å². The van der Waals surface area contributed by atoms with Crippen LogP contribution in [0.4, 0.5) is 0 Å². The van der Waals surface area contributed by atoms with Crippen LogP contribution in [0.3, 0.4) is 0 Å². The van der Waals surface area contributed by atoms with Crippen LogP contribution in [0, 0.1) is 0 Å². The minimum absolute atomic E-state index is 0.0567. The van der Waals surface area contributed by atoms with E-state index in [0.29, 0.717) is 10.1 Å². The van der Waals surface area contributed by atoms with Gasteiger partial charge in [-0.3, -0.25) is 24.0 Å². The summed E-state index contributed by atoms with van der Waals surface area (Å²) in [6.45, 7) is 2.27.